The molecule has 0 spiro atoms. The minimum absolute atomic E-state index is 0.224. The van der Waals surface area contributed by atoms with E-state index < -0.39 is 11.7 Å². The van der Waals surface area contributed by atoms with Crippen molar-refractivity contribution in [3.8, 4) is 5.75 Å². The number of methoxy groups -OCH3 is 1. The summed E-state index contributed by atoms with van der Waals surface area (Å²) in [6.45, 7) is 4.67. The maximum absolute atomic E-state index is 12.6. The lowest BCUT2D eigenvalue weighted by Crippen LogP contribution is -2.48. The van der Waals surface area contributed by atoms with E-state index in [4.69, 9.17) is 4.74 Å². The molecule has 156 valence electrons. The fourth-order valence-electron chi connectivity index (χ4n) is 3.26. The van der Waals surface area contributed by atoms with Gasteiger partial charge < -0.3 is 15.0 Å². The molecule has 0 saturated carbocycles. The van der Waals surface area contributed by atoms with Gasteiger partial charge in [-0.3, -0.25) is 9.69 Å². The van der Waals surface area contributed by atoms with Crippen molar-refractivity contribution in [2.24, 2.45) is 0 Å². The van der Waals surface area contributed by atoms with Crippen molar-refractivity contribution in [2.45, 2.75) is 6.18 Å². The number of carbonyl (C=O) groups is 1. The van der Waals surface area contributed by atoms with Crippen LogP contribution in [0.25, 0.3) is 0 Å². The molecule has 1 aliphatic heterocycles. The Morgan fingerprint density at radius 2 is 1.62 bits per heavy atom. The van der Waals surface area contributed by atoms with E-state index in [1.807, 2.05) is 24.3 Å². The molecule has 1 fully saturated rings. The first-order valence-corrected chi connectivity index (χ1v) is 9.43. The van der Waals surface area contributed by atoms with Gasteiger partial charge in [0.25, 0.3) is 5.91 Å². The molecule has 1 aliphatic rings. The minimum atomic E-state index is -4.40. The second-order valence-corrected chi connectivity index (χ2v) is 6.86. The number of nitrogens with one attached hydrogen (secondary N) is 1. The summed E-state index contributed by atoms with van der Waals surface area (Å²) in [5.74, 6) is 0.465. The molecule has 1 N–H and O–H groups in total. The van der Waals surface area contributed by atoms with Crippen LogP contribution in [0.1, 0.15) is 15.9 Å². The van der Waals surface area contributed by atoms with E-state index in [-0.39, 0.29) is 11.5 Å². The number of benzene rings is 2. The SMILES string of the molecule is COc1ccc(N2CCN(CCNC(=O)c3ccc(C(F)(F)F)cc3)CC2)cc1. The molecule has 0 aromatic heterocycles. The summed E-state index contributed by atoms with van der Waals surface area (Å²) in [5, 5.41) is 2.77. The topological polar surface area (TPSA) is 44.8 Å². The van der Waals surface area contributed by atoms with Gasteiger partial charge in [-0.25, -0.2) is 0 Å². The molecule has 0 aliphatic carbocycles. The third-order valence-electron chi connectivity index (χ3n) is 5.00. The number of hydrogen-bond acceptors (Lipinski definition) is 4. The van der Waals surface area contributed by atoms with Gasteiger partial charge >= 0.3 is 6.18 Å². The second kappa shape index (κ2) is 9.17. The predicted octanol–water partition coefficient (Wildman–Crippen LogP) is 3.27. The lowest BCUT2D eigenvalue weighted by atomic mass is 10.1. The van der Waals surface area contributed by atoms with Crippen LogP contribution in [0.5, 0.6) is 5.75 Å². The molecule has 29 heavy (non-hydrogen) atoms. The highest BCUT2D eigenvalue weighted by Crippen LogP contribution is 2.29. The van der Waals surface area contributed by atoms with Crippen LogP contribution < -0.4 is 15.0 Å². The van der Waals surface area contributed by atoms with Gasteiger partial charge in [-0.05, 0) is 48.5 Å². The molecule has 0 bridgehead atoms. The number of piperazine rings is 1. The monoisotopic (exact) mass is 407 g/mol. The largest absolute Gasteiger partial charge is 0.497 e. The molecule has 2 aromatic rings. The van der Waals surface area contributed by atoms with Gasteiger partial charge in [0.2, 0.25) is 0 Å². The number of amides is 1. The Balaban J connectivity index is 1.40. The van der Waals surface area contributed by atoms with Crippen LogP contribution in [0, 0.1) is 0 Å². The smallest absolute Gasteiger partial charge is 0.416 e. The van der Waals surface area contributed by atoms with E-state index in [0.717, 1.165) is 49.7 Å². The van der Waals surface area contributed by atoms with Gasteiger partial charge in [-0.1, -0.05) is 0 Å². The number of hydrogen-bond donors (Lipinski definition) is 1. The van der Waals surface area contributed by atoms with Gasteiger partial charge in [-0.15, -0.1) is 0 Å². The van der Waals surface area contributed by atoms with Crippen LogP contribution in [0.4, 0.5) is 18.9 Å². The minimum Gasteiger partial charge on any atom is -0.497 e. The van der Waals surface area contributed by atoms with Crippen LogP contribution in [-0.2, 0) is 6.18 Å². The van der Waals surface area contributed by atoms with Gasteiger partial charge in [0, 0.05) is 50.5 Å². The Kier molecular flexibility index (Phi) is 6.64. The van der Waals surface area contributed by atoms with Gasteiger partial charge in [0.15, 0.2) is 0 Å². The maximum atomic E-state index is 12.6. The number of alkyl halides is 3. The molecular weight excluding hydrogens is 383 g/mol. The average Bonchev–Trinajstić information content (AvgIpc) is 2.74. The molecule has 5 nitrogen and oxygen atoms in total. The van der Waals surface area contributed by atoms with Crippen LogP contribution in [0.2, 0.25) is 0 Å². The Labute approximate surface area is 168 Å². The molecule has 1 saturated heterocycles. The standard InChI is InChI=1S/C21H24F3N3O2/c1-29-19-8-6-18(7-9-19)27-14-12-26(13-15-27)11-10-25-20(28)16-2-4-17(5-3-16)21(22,23)24/h2-9H,10-15H2,1H3,(H,25,28). The summed E-state index contributed by atoms with van der Waals surface area (Å²) in [6.07, 6.45) is -4.40. The van der Waals surface area contributed by atoms with E-state index in [1.165, 1.54) is 12.1 Å². The zero-order chi connectivity index (χ0) is 20.9. The van der Waals surface area contributed by atoms with Crippen LogP contribution in [0.15, 0.2) is 48.5 Å². The zero-order valence-corrected chi connectivity index (χ0v) is 16.2. The highest BCUT2D eigenvalue weighted by Gasteiger charge is 2.30. The second-order valence-electron chi connectivity index (χ2n) is 6.86. The Hall–Kier alpha value is -2.74. The van der Waals surface area contributed by atoms with Gasteiger partial charge in [-0.2, -0.15) is 13.2 Å². The molecule has 0 atom stereocenters. The van der Waals surface area contributed by atoms with Crippen molar-refractivity contribution < 1.29 is 22.7 Å². The molecule has 1 amide bonds. The quantitative estimate of drug-likeness (QED) is 0.799. The number of anilines is 1. The summed E-state index contributed by atoms with van der Waals surface area (Å²) in [6, 6.07) is 12.2. The van der Waals surface area contributed by atoms with Crippen LogP contribution in [-0.4, -0.2) is 57.2 Å². The van der Waals surface area contributed by atoms with Crippen molar-refractivity contribution in [2.75, 3.05) is 51.3 Å². The fourth-order valence-corrected chi connectivity index (χ4v) is 3.26. The maximum Gasteiger partial charge on any atom is 0.416 e. The molecule has 2 aromatic carbocycles. The lowest BCUT2D eigenvalue weighted by Gasteiger charge is -2.36. The summed E-state index contributed by atoms with van der Waals surface area (Å²) < 4.78 is 42.9. The first-order valence-electron chi connectivity index (χ1n) is 9.43. The van der Waals surface area contributed by atoms with E-state index >= 15 is 0 Å². The van der Waals surface area contributed by atoms with Crippen molar-refractivity contribution in [1.82, 2.24) is 10.2 Å². The van der Waals surface area contributed by atoms with Gasteiger partial charge in [0.1, 0.15) is 5.75 Å². The van der Waals surface area contributed by atoms with E-state index in [2.05, 4.69) is 15.1 Å². The van der Waals surface area contributed by atoms with Crippen molar-refractivity contribution in [1.29, 1.82) is 0 Å². The molecule has 1 heterocycles. The molecule has 8 heteroatoms. The van der Waals surface area contributed by atoms with Crippen molar-refractivity contribution in [3.05, 3.63) is 59.7 Å². The molecule has 3 rings (SSSR count). The fraction of sp³-hybridized carbons (Fsp3) is 0.381. The predicted molar refractivity (Wildman–Crippen MR) is 105 cm³/mol. The first-order chi connectivity index (χ1) is 13.9. The van der Waals surface area contributed by atoms with Crippen molar-refractivity contribution >= 4 is 11.6 Å². The van der Waals surface area contributed by atoms with E-state index in [1.54, 1.807) is 7.11 Å². The third kappa shape index (κ3) is 5.63. The Morgan fingerprint density at radius 1 is 1.00 bits per heavy atom. The number of rotatable bonds is 6. The zero-order valence-electron chi connectivity index (χ0n) is 16.2. The Morgan fingerprint density at radius 3 is 2.17 bits per heavy atom. The van der Waals surface area contributed by atoms with E-state index in [0.29, 0.717) is 13.1 Å². The third-order valence-corrected chi connectivity index (χ3v) is 5.00. The first kappa shape index (κ1) is 21.0. The highest BCUT2D eigenvalue weighted by molar-refractivity contribution is 5.94. The normalized spacial score (nSPS) is 15.2. The summed E-state index contributed by atoms with van der Waals surface area (Å²) in [4.78, 5) is 16.7. The van der Waals surface area contributed by atoms with Crippen LogP contribution in [0.3, 0.4) is 0 Å². The number of nitrogens with zero attached hydrogens (tertiary/aromatic N) is 2. The number of ether oxygens (including phenoxy) is 1. The lowest BCUT2D eigenvalue weighted by molar-refractivity contribution is -0.137. The average molecular weight is 407 g/mol. The number of halogens is 3. The molecule has 0 radical (unpaired) electrons. The van der Waals surface area contributed by atoms with Crippen LogP contribution >= 0.6 is 0 Å². The summed E-state index contributed by atoms with van der Waals surface area (Å²) in [7, 11) is 1.64. The summed E-state index contributed by atoms with van der Waals surface area (Å²) >= 11 is 0. The molecular formula is C21H24F3N3O2. The van der Waals surface area contributed by atoms with Crippen molar-refractivity contribution in [3.63, 3.8) is 0 Å². The molecule has 0 unspecified atom stereocenters. The number of carbonyl (C=O) groups excluding carboxylic acids is 1. The Bertz CT molecular complexity index is 799. The van der Waals surface area contributed by atoms with E-state index in [9.17, 15) is 18.0 Å². The van der Waals surface area contributed by atoms with Gasteiger partial charge in [0.05, 0.1) is 12.7 Å². The highest BCUT2D eigenvalue weighted by atomic mass is 19.4. The summed E-state index contributed by atoms with van der Waals surface area (Å²) in [5.41, 5.74) is 0.618.